The van der Waals surface area contributed by atoms with Gasteiger partial charge in [-0.25, -0.2) is 4.39 Å². The fourth-order valence-electron chi connectivity index (χ4n) is 1.78. The Morgan fingerprint density at radius 3 is 2.74 bits per heavy atom. The maximum absolute atomic E-state index is 13.4. The van der Waals surface area contributed by atoms with Crippen molar-refractivity contribution in [2.24, 2.45) is 0 Å². The minimum atomic E-state index is -0.591. The van der Waals surface area contributed by atoms with Crippen molar-refractivity contribution in [2.75, 3.05) is 12.3 Å². The first-order valence-corrected chi connectivity index (χ1v) is 5.95. The lowest BCUT2D eigenvalue weighted by Gasteiger charge is -2.07. The lowest BCUT2D eigenvalue weighted by molar-refractivity contribution is 0.103. The van der Waals surface area contributed by atoms with Gasteiger partial charge in [0.15, 0.2) is 5.78 Å². The van der Waals surface area contributed by atoms with Gasteiger partial charge in [-0.05, 0) is 31.2 Å². The van der Waals surface area contributed by atoms with Crippen LogP contribution in [0.15, 0.2) is 42.5 Å². The number of rotatable bonds is 4. The normalized spacial score (nSPS) is 10.2. The molecule has 0 spiro atoms. The Bertz CT molecular complexity index is 611. The second-order valence-electron chi connectivity index (χ2n) is 3.99. The molecule has 0 saturated heterocycles. The van der Waals surface area contributed by atoms with Crippen LogP contribution in [0.3, 0.4) is 0 Å². The Kier molecular flexibility index (Phi) is 3.80. The van der Waals surface area contributed by atoms with Crippen LogP contribution < -0.4 is 10.5 Å². The van der Waals surface area contributed by atoms with Crippen LogP contribution in [0.2, 0.25) is 0 Å². The van der Waals surface area contributed by atoms with Crippen LogP contribution in [0, 0.1) is 5.82 Å². The molecule has 98 valence electrons. The molecule has 0 saturated carbocycles. The molecule has 2 rings (SSSR count). The van der Waals surface area contributed by atoms with Crippen molar-refractivity contribution in [1.29, 1.82) is 0 Å². The highest BCUT2D eigenvalue weighted by Crippen LogP contribution is 2.21. The molecule has 0 fully saturated rings. The molecular weight excluding hydrogens is 245 g/mol. The summed E-state index contributed by atoms with van der Waals surface area (Å²) in [5, 5.41) is 0. The Morgan fingerprint density at radius 1 is 1.26 bits per heavy atom. The third kappa shape index (κ3) is 2.73. The van der Waals surface area contributed by atoms with E-state index in [1.54, 1.807) is 24.3 Å². The molecule has 0 unspecified atom stereocenters. The molecule has 0 aromatic heterocycles. The van der Waals surface area contributed by atoms with Crippen LogP contribution >= 0.6 is 0 Å². The molecule has 19 heavy (non-hydrogen) atoms. The van der Waals surface area contributed by atoms with Crippen LogP contribution in [-0.4, -0.2) is 12.4 Å². The van der Waals surface area contributed by atoms with E-state index in [-0.39, 0.29) is 17.0 Å². The summed E-state index contributed by atoms with van der Waals surface area (Å²) in [6, 6.07) is 10.9. The third-order valence-corrected chi connectivity index (χ3v) is 2.70. The fraction of sp³-hybridized carbons (Fsp3) is 0.133. The minimum absolute atomic E-state index is 0.130. The molecule has 4 heteroatoms. The van der Waals surface area contributed by atoms with Crippen LogP contribution in [-0.2, 0) is 0 Å². The standard InChI is InChI=1S/C15H14FNO2/c1-2-19-11-6-3-5-10(9-11)15(18)12-7-4-8-13(16)14(12)17/h3-9H,2,17H2,1H3. The SMILES string of the molecule is CCOc1cccc(C(=O)c2cccc(F)c2N)c1. The van der Waals surface area contributed by atoms with Crippen molar-refractivity contribution in [1.82, 2.24) is 0 Å². The summed E-state index contributed by atoms with van der Waals surface area (Å²) in [6.07, 6.45) is 0. The molecule has 0 bridgehead atoms. The number of hydrogen-bond donors (Lipinski definition) is 1. The predicted octanol–water partition coefficient (Wildman–Crippen LogP) is 3.04. The van der Waals surface area contributed by atoms with Gasteiger partial charge in [0.2, 0.25) is 0 Å². The van der Waals surface area contributed by atoms with Gasteiger partial charge in [-0.3, -0.25) is 4.79 Å². The number of para-hydroxylation sites is 1. The van der Waals surface area contributed by atoms with Crippen LogP contribution in [0.5, 0.6) is 5.75 Å². The summed E-state index contributed by atoms with van der Waals surface area (Å²) in [5.74, 6) is -0.311. The predicted molar refractivity (Wildman–Crippen MR) is 71.9 cm³/mol. The molecule has 0 atom stereocenters. The van der Waals surface area contributed by atoms with Crippen LogP contribution in [0.1, 0.15) is 22.8 Å². The van der Waals surface area contributed by atoms with Crippen molar-refractivity contribution in [3.05, 3.63) is 59.4 Å². The van der Waals surface area contributed by atoms with Gasteiger partial charge in [-0.15, -0.1) is 0 Å². The Morgan fingerprint density at radius 2 is 2.00 bits per heavy atom. The minimum Gasteiger partial charge on any atom is -0.494 e. The van der Waals surface area contributed by atoms with Crippen LogP contribution in [0.4, 0.5) is 10.1 Å². The number of ketones is 1. The second kappa shape index (κ2) is 5.52. The number of nitrogen functional groups attached to an aromatic ring is 1. The summed E-state index contributed by atoms with van der Waals surface area (Å²) in [4.78, 5) is 12.3. The zero-order chi connectivity index (χ0) is 13.8. The number of nitrogens with two attached hydrogens (primary N) is 1. The number of anilines is 1. The average Bonchev–Trinajstić information content (AvgIpc) is 2.42. The summed E-state index contributed by atoms with van der Waals surface area (Å²) >= 11 is 0. The molecule has 0 amide bonds. The molecule has 0 aliphatic rings. The fourth-order valence-corrected chi connectivity index (χ4v) is 1.78. The van der Waals surface area contributed by atoms with E-state index in [4.69, 9.17) is 10.5 Å². The maximum atomic E-state index is 13.4. The van der Waals surface area contributed by atoms with E-state index in [0.29, 0.717) is 17.9 Å². The largest absolute Gasteiger partial charge is 0.494 e. The number of halogens is 1. The lowest BCUT2D eigenvalue weighted by Crippen LogP contribution is -2.07. The molecule has 2 aromatic carbocycles. The lowest BCUT2D eigenvalue weighted by atomic mass is 10.0. The quantitative estimate of drug-likeness (QED) is 0.678. The highest BCUT2D eigenvalue weighted by Gasteiger charge is 2.15. The molecule has 0 aliphatic heterocycles. The topological polar surface area (TPSA) is 52.3 Å². The van der Waals surface area contributed by atoms with Crippen molar-refractivity contribution < 1.29 is 13.9 Å². The van der Waals surface area contributed by atoms with E-state index in [9.17, 15) is 9.18 Å². The number of carbonyl (C=O) groups excluding carboxylic acids is 1. The van der Waals surface area contributed by atoms with E-state index < -0.39 is 5.82 Å². The number of ether oxygens (including phenoxy) is 1. The van der Waals surface area contributed by atoms with Gasteiger partial charge in [0.05, 0.1) is 12.3 Å². The average molecular weight is 259 g/mol. The molecule has 2 N–H and O–H groups in total. The first-order valence-electron chi connectivity index (χ1n) is 5.95. The van der Waals surface area contributed by atoms with Gasteiger partial charge < -0.3 is 10.5 Å². The Labute approximate surface area is 110 Å². The van der Waals surface area contributed by atoms with Crippen molar-refractivity contribution in [3.63, 3.8) is 0 Å². The van der Waals surface area contributed by atoms with Gasteiger partial charge >= 0.3 is 0 Å². The zero-order valence-electron chi connectivity index (χ0n) is 10.5. The molecule has 0 aliphatic carbocycles. The first-order chi connectivity index (χ1) is 9.13. The van der Waals surface area contributed by atoms with Gasteiger partial charge in [0, 0.05) is 11.1 Å². The number of carbonyl (C=O) groups is 1. The van der Waals surface area contributed by atoms with Gasteiger partial charge in [-0.2, -0.15) is 0 Å². The zero-order valence-corrected chi connectivity index (χ0v) is 10.5. The van der Waals surface area contributed by atoms with Crippen molar-refractivity contribution in [2.45, 2.75) is 6.92 Å². The van der Waals surface area contributed by atoms with Gasteiger partial charge in [0.25, 0.3) is 0 Å². The van der Waals surface area contributed by atoms with Crippen LogP contribution in [0.25, 0.3) is 0 Å². The second-order valence-corrected chi connectivity index (χ2v) is 3.99. The molecule has 2 aromatic rings. The van der Waals surface area contributed by atoms with E-state index >= 15 is 0 Å². The molecular formula is C15H14FNO2. The van der Waals surface area contributed by atoms with Crippen molar-refractivity contribution in [3.8, 4) is 5.75 Å². The molecule has 0 heterocycles. The number of benzene rings is 2. The van der Waals surface area contributed by atoms with Gasteiger partial charge in [0.1, 0.15) is 11.6 Å². The first kappa shape index (κ1) is 13.1. The summed E-state index contributed by atoms with van der Waals surface area (Å²) in [7, 11) is 0. The summed E-state index contributed by atoms with van der Waals surface area (Å²) in [5.41, 5.74) is 6.04. The molecule has 3 nitrogen and oxygen atoms in total. The Hall–Kier alpha value is -2.36. The van der Waals surface area contributed by atoms with E-state index in [1.807, 2.05) is 6.92 Å². The summed E-state index contributed by atoms with van der Waals surface area (Å²) < 4.78 is 18.7. The Balaban J connectivity index is 2.38. The third-order valence-electron chi connectivity index (χ3n) is 2.70. The van der Waals surface area contributed by atoms with E-state index in [2.05, 4.69) is 0 Å². The molecule has 0 radical (unpaired) electrons. The highest BCUT2D eigenvalue weighted by atomic mass is 19.1. The maximum Gasteiger partial charge on any atom is 0.195 e. The smallest absolute Gasteiger partial charge is 0.195 e. The highest BCUT2D eigenvalue weighted by molar-refractivity contribution is 6.12. The van der Waals surface area contributed by atoms with Gasteiger partial charge in [-0.1, -0.05) is 18.2 Å². The van der Waals surface area contributed by atoms with E-state index in [1.165, 1.54) is 18.2 Å². The van der Waals surface area contributed by atoms with Crippen molar-refractivity contribution >= 4 is 11.5 Å². The van der Waals surface area contributed by atoms with E-state index in [0.717, 1.165) is 0 Å². The summed E-state index contributed by atoms with van der Waals surface area (Å²) in [6.45, 7) is 2.37. The monoisotopic (exact) mass is 259 g/mol. The number of hydrogen-bond acceptors (Lipinski definition) is 3.